The van der Waals surface area contributed by atoms with E-state index in [1.807, 2.05) is 6.07 Å². The van der Waals surface area contributed by atoms with Gasteiger partial charge >= 0.3 is 0 Å². The van der Waals surface area contributed by atoms with Gasteiger partial charge in [-0.25, -0.2) is 0 Å². The first kappa shape index (κ1) is 14.1. The lowest BCUT2D eigenvalue weighted by Crippen LogP contribution is -2.00. The molecular weight excluding hydrogens is 202 g/mol. The van der Waals surface area contributed by atoms with E-state index in [2.05, 4.69) is 26.7 Å². The van der Waals surface area contributed by atoms with Gasteiger partial charge in [0, 0.05) is 12.1 Å². The van der Waals surface area contributed by atoms with Crippen molar-refractivity contribution in [3.8, 4) is 12.3 Å². The number of aryl methyl sites for hydroxylation is 1. The van der Waals surface area contributed by atoms with Crippen LogP contribution < -0.4 is 5.73 Å². The van der Waals surface area contributed by atoms with Crippen LogP contribution in [0.1, 0.15) is 22.3 Å². The van der Waals surface area contributed by atoms with Crippen LogP contribution in [0.2, 0.25) is 0 Å². The van der Waals surface area contributed by atoms with E-state index in [1.165, 1.54) is 16.7 Å². The summed E-state index contributed by atoms with van der Waals surface area (Å²) in [6, 6.07) is 2.00. The number of terminal acetylenes is 1. The maximum atomic E-state index is 8.36. The van der Waals surface area contributed by atoms with Crippen LogP contribution in [-0.2, 0) is 11.2 Å². The van der Waals surface area contributed by atoms with E-state index in [-0.39, 0.29) is 6.47 Å². The number of carboxylic acid groups (broad SMARTS) is 1. The van der Waals surface area contributed by atoms with Gasteiger partial charge in [0.25, 0.3) is 6.47 Å². The van der Waals surface area contributed by atoms with E-state index in [0.717, 1.165) is 11.3 Å². The minimum atomic E-state index is -0.250. The van der Waals surface area contributed by atoms with Crippen molar-refractivity contribution >= 4 is 12.2 Å². The third-order valence-electron chi connectivity index (χ3n) is 2.61. The number of nitrogens with two attached hydrogens (primary N) is 1. The summed E-state index contributed by atoms with van der Waals surface area (Å²) in [5.74, 6) is 2.63. The Morgan fingerprint density at radius 3 is 2.38 bits per heavy atom. The Bertz CT molecular complexity index is 417. The number of rotatable bonds is 1. The highest BCUT2D eigenvalue weighted by Gasteiger charge is 2.06. The molecule has 0 fully saturated rings. The maximum absolute atomic E-state index is 8.36. The predicted octanol–water partition coefficient (Wildman–Crippen LogP) is 2.07. The minimum Gasteiger partial charge on any atom is -0.483 e. The first-order chi connectivity index (χ1) is 7.49. The number of anilines is 1. The van der Waals surface area contributed by atoms with Crippen molar-refractivity contribution in [2.75, 3.05) is 5.73 Å². The molecule has 3 nitrogen and oxygen atoms in total. The number of carbonyl (C=O) groups is 1. The Morgan fingerprint density at radius 2 is 1.94 bits per heavy atom. The lowest BCUT2D eigenvalue weighted by Gasteiger charge is -2.12. The smallest absolute Gasteiger partial charge is 0.290 e. The molecule has 1 rings (SSSR count). The predicted molar refractivity (Wildman–Crippen MR) is 66.3 cm³/mol. The summed E-state index contributed by atoms with van der Waals surface area (Å²) in [6.45, 7) is 5.99. The molecular formula is C13H17NO2. The fourth-order valence-corrected chi connectivity index (χ4v) is 1.50. The molecule has 0 aliphatic rings. The van der Waals surface area contributed by atoms with Crippen molar-refractivity contribution in [1.29, 1.82) is 0 Å². The normalized spacial score (nSPS) is 8.62. The lowest BCUT2D eigenvalue weighted by atomic mass is 9.95. The van der Waals surface area contributed by atoms with Gasteiger partial charge in [0.05, 0.1) is 0 Å². The number of nitrogen functional groups attached to an aromatic ring is 1. The zero-order valence-corrected chi connectivity index (χ0v) is 9.87. The molecule has 0 heterocycles. The van der Waals surface area contributed by atoms with Gasteiger partial charge in [-0.2, -0.15) is 0 Å². The molecule has 0 aromatic heterocycles. The molecule has 16 heavy (non-hydrogen) atoms. The molecule has 0 saturated heterocycles. The van der Waals surface area contributed by atoms with Crippen LogP contribution in [0.25, 0.3) is 0 Å². The van der Waals surface area contributed by atoms with E-state index in [4.69, 9.17) is 22.1 Å². The average Bonchev–Trinajstić information content (AvgIpc) is 2.22. The molecule has 0 aliphatic carbocycles. The van der Waals surface area contributed by atoms with Crippen molar-refractivity contribution in [2.45, 2.75) is 27.2 Å². The van der Waals surface area contributed by atoms with Crippen LogP contribution in [0, 0.1) is 33.1 Å². The van der Waals surface area contributed by atoms with Gasteiger partial charge in [-0.3, -0.25) is 4.79 Å². The van der Waals surface area contributed by atoms with Crippen LogP contribution in [0.5, 0.6) is 0 Å². The molecule has 0 spiro atoms. The van der Waals surface area contributed by atoms with Gasteiger partial charge in [0.1, 0.15) is 0 Å². The second-order valence-corrected chi connectivity index (χ2v) is 3.50. The van der Waals surface area contributed by atoms with Crippen molar-refractivity contribution in [1.82, 2.24) is 0 Å². The van der Waals surface area contributed by atoms with E-state index in [9.17, 15) is 0 Å². The zero-order valence-electron chi connectivity index (χ0n) is 9.87. The van der Waals surface area contributed by atoms with E-state index < -0.39 is 0 Å². The summed E-state index contributed by atoms with van der Waals surface area (Å²) in [4.78, 5) is 8.36. The van der Waals surface area contributed by atoms with Gasteiger partial charge in [-0.05, 0) is 49.1 Å². The van der Waals surface area contributed by atoms with Gasteiger partial charge in [-0.1, -0.05) is 0 Å². The SMILES string of the molecule is C#CCc1c(N)cc(C)c(C)c1C.O=CO. The van der Waals surface area contributed by atoms with Crippen LogP contribution in [-0.4, -0.2) is 11.6 Å². The van der Waals surface area contributed by atoms with E-state index in [1.54, 1.807) is 0 Å². The third-order valence-corrected chi connectivity index (χ3v) is 2.61. The molecule has 86 valence electrons. The molecule has 0 saturated carbocycles. The van der Waals surface area contributed by atoms with E-state index in [0.29, 0.717) is 6.42 Å². The molecule has 0 bridgehead atoms. The summed E-state index contributed by atoms with van der Waals surface area (Å²) in [6.07, 6.45) is 5.90. The number of benzene rings is 1. The van der Waals surface area contributed by atoms with Crippen LogP contribution >= 0.6 is 0 Å². The summed E-state index contributed by atoms with van der Waals surface area (Å²) >= 11 is 0. The van der Waals surface area contributed by atoms with Gasteiger partial charge in [0.15, 0.2) is 0 Å². The first-order valence-electron chi connectivity index (χ1n) is 4.86. The molecule has 0 radical (unpaired) electrons. The van der Waals surface area contributed by atoms with Gasteiger partial charge < -0.3 is 10.8 Å². The minimum absolute atomic E-state index is 0.250. The van der Waals surface area contributed by atoms with Crippen molar-refractivity contribution in [2.24, 2.45) is 0 Å². The summed E-state index contributed by atoms with van der Waals surface area (Å²) in [5, 5.41) is 6.89. The zero-order chi connectivity index (χ0) is 12.7. The van der Waals surface area contributed by atoms with E-state index >= 15 is 0 Å². The maximum Gasteiger partial charge on any atom is 0.290 e. The highest BCUT2D eigenvalue weighted by Crippen LogP contribution is 2.23. The average molecular weight is 219 g/mol. The van der Waals surface area contributed by atoms with Crippen LogP contribution in [0.15, 0.2) is 6.07 Å². The second-order valence-electron chi connectivity index (χ2n) is 3.50. The Labute approximate surface area is 96.3 Å². The van der Waals surface area contributed by atoms with Crippen molar-refractivity contribution in [3.05, 3.63) is 28.3 Å². The van der Waals surface area contributed by atoms with Crippen molar-refractivity contribution in [3.63, 3.8) is 0 Å². The highest BCUT2D eigenvalue weighted by atomic mass is 16.3. The fraction of sp³-hybridized carbons (Fsp3) is 0.308. The Morgan fingerprint density at radius 1 is 1.44 bits per heavy atom. The van der Waals surface area contributed by atoms with Gasteiger partial charge in [-0.15, -0.1) is 12.3 Å². The Balaban J connectivity index is 0.000000673. The molecule has 1 aromatic carbocycles. The molecule has 0 aliphatic heterocycles. The Hall–Kier alpha value is -1.95. The lowest BCUT2D eigenvalue weighted by molar-refractivity contribution is -0.122. The Kier molecular flexibility index (Phi) is 5.72. The molecule has 1 aromatic rings. The second kappa shape index (κ2) is 6.52. The largest absolute Gasteiger partial charge is 0.483 e. The molecule has 0 unspecified atom stereocenters. The summed E-state index contributed by atoms with van der Waals surface area (Å²) in [5.41, 5.74) is 11.6. The summed E-state index contributed by atoms with van der Waals surface area (Å²) < 4.78 is 0. The molecule has 3 heteroatoms. The number of hydrogen-bond acceptors (Lipinski definition) is 2. The van der Waals surface area contributed by atoms with Crippen LogP contribution in [0.3, 0.4) is 0 Å². The monoisotopic (exact) mass is 219 g/mol. The third kappa shape index (κ3) is 3.32. The standard InChI is InChI=1S/C12H15N.CH2O2/c1-5-6-11-10(4)9(3)8(2)7-12(11)13;2-1-3/h1,7H,6,13H2,2-4H3;1H,(H,2,3). The topological polar surface area (TPSA) is 63.3 Å². The highest BCUT2D eigenvalue weighted by molar-refractivity contribution is 5.57. The first-order valence-corrected chi connectivity index (χ1v) is 4.86. The number of hydrogen-bond donors (Lipinski definition) is 2. The summed E-state index contributed by atoms with van der Waals surface area (Å²) in [7, 11) is 0. The molecule has 0 atom stereocenters. The quantitative estimate of drug-likeness (QED) is 0.432. The molecule has 3 N–H and O–H groups in total. The molecule has 0 amide bonds. The fourth-order valence-electron chi connectivity index (χ4n) is 1.50. The van der Waals surface area contributed by atoms with Crippen molar-refractivity contribution < 1.29 is 9.90 Å². The van der Waals surface area contributed by atoms with Gasteiger partial charge in [0.2, 0.25) is 0 Å². The van der Waals surface area contributed by atoms with Crippen LogP contribution in [0.4, 0.5) is 5.69 Å².